The Bertz CT molecular complexity index is 270. The fourth-order valence-electron chi connectivity index (χ4n) is 1.65. The van der Waals surface area contributed by atoms with E-state index in [0.29, 0.717) is 0 Å². The summed E-state index contributed by atoms with van der Waals surface area (Å²) in [5.74, 6) is 0. The number of ether oxygens (including phenoxy) is 1. The van der Waals surface area contributed by atoms with Crippen molar-refractivity contribution in [1.82, 2.24) is 9.62 Å². The van der Waals surface area contributed by atoms with Crippen LogP contribution in [0.1, 0.15) is 12.8 Å². The molecule has 0 aromatic carbocycles. The zero-order chi connectivity index (χ0) is 10.8. The van der Waals surface area contributed by atoms with Crippen molar-refractivity contribution >= 4 is 10.0 Å². The van der Waals surface area contributed by atoms with Crippen LogP contribution in [0.15, 0.2) is 0 Å². The molecule has 5 nitrogen and oxygen atoms in total. The van der Waals surface area contributed by atoms with Crippen LogP contribution in [0.4, 0.5) is 0 Å². The molecule has 0 saturated carbocycles. The zero-order valence-corrected chi connectivity index (χ0v) is 9.67. The molecule has 0 radical (unpaired) electrons. The van der Waals surface area contributed by atoms with E-state index in [9.17, 15) is 8.42 Å². The maximum absolute atomic E-state index is 11.8. The summed E-state index contributed by atoms with van der Waals surface area (Å²) >= 11 is 0. The van der Waals surface area contributed by atoms with E-state index in [-0.39, 0.29) is 6.04 Å². The van der Waals surface area contributed by atoms with Gasteiger partial charge in [-0.15, -0.1) is 0 Å². The molecule has 1 aliphatic heterocycles. The van der Waals surface area contributed by atoms with Crippen LogP contribution in [0, 0.1) is 0 Å². The molecule has 1 heterocycles. The van der Waals surface area contributed by atoms with Crippen LogP contribution in [0.5, 0.6) is 0 Å². The molecule has 0 aromatic heterocycles. The molecule has 1 N–H and O–H groups in total. The van der Waals surface area contributed by atoms with E-state index in [0.717, 1.165) is 19.4 Å². The summed E-state index contributed by atoms with van der Waals surface area (Å²) in [7, 11) is 1.16. The van der Waals surface area contributed by atoms with Gasteiger partial charge in [0.25, 0.3) is 0 Å². The van der Waals surface area contributed by atoms with Crippen molar-refractivity contribution in [3.05, 3.63) is 0 Å². The minimum absolute atomic E-state index is 0.0765. The molecule has 0 amide bonds. The maximum atomic E-state index is 11.8. The molecule has 14 heavy (non-hydrogen) atoms. The molecule has 0 spiro atoms. The van der Waals surface area contributed by atoms with Gasteiger partial charge in [0, 0.05) is 27.2 Å². The number of rotatable bonds is 4. The van der Waals surface area contributed by atoms with Crippen LogP contribution >= 0.6 is 0 Å². The van der Waals surface area contributed by atoms with Gasteiger partial charge in [0.15, 0.2) is 5.44 Å². The Labute approximate surface area is 85.5 Å². The van der Waals surface area contributed by atoms with Crippen LogP contribution in [0.3, 0.4) is 0 Å². The summed E-state index contributed by atoms with van der Waals surface area (Å²) < 4.78 is 29.9. The van der Waals surface area contributed by atoms with E-state index in [2.05, 4.69) is 5.32 Å². The summed E-state index contributed by atoms with van der Waals surface area (Å²) in [6.07, 6.45) is 1.86. The highest BCUT2D eigenvalue weighted by atomic mass is 32.2. The summed E-state index contributed by atoms with van der Waals surface area (Å²) in [5.41, 5.74) is -0.764. The summed E-state index contributed by atoms with van der Waals surface area (Å²) in [5, 5.41) is 3.14. The summed E-state index contributed by atoms with van der Waals surface area (Å²) in [6, 6.07) is -0.0765. The van der Waals surface area contributed by atoms with Crippen LogP contribution in [0.25, 0.3) is 0 Å². The average Bonchev–Trinajstić information content (AvgIpc) is 2.57. The Hall–Kier alpha value is -0.170. The third-order valence-corrected chi connectivity index (χ3v) is 4.59. The second-order valence-electron chi connectivity index (χ2n) is 3.63. The quantitative estimate of drug-likeness (QED) is 0.703. The topological polar surface area (TPSA) is 58.6 Å². The third-order valence-electron chi connectivity index (χ3n) is 2.46. The predicted octanol–water partition coefficient (Wildman–Crippen LogP) is -0.398. The van der Waals surface area contributed by atoms with E-state index in [4.69, 9.17) is 4.74 Å². The van der Waals surface area contributed by atoms with Crippen LogP contribution in [0.2, 0.25) is 0 Å². The highest BCUT2D eigenvalue weighted by Crippen LogP contribution is 2.18. The Morgan fingerprint density at radius 3 is 2.50 bits per heavy atom. The molecule has 0 aliphatic carbocycles. The van der Waals surface area contributed by atoms with Crippen molar-refractivity contribution in [3.63, 3.8) is 0 Å². The van der Waals surface area contributed by atoms with Gasteiger partial charge in [-0.25, -0.2) is 12.7 Å². The monoisotopic (exact) mass is 222 g/mol. The van der Waals surface area contributed by atoms with E-state index < -0.39 is 15.5 Å². The standard InChI is InChI=1S/C8H18N2O3S/c1-10(2)14(11,12)8(13-3)7-5-4-6-9-7/h7-9H,4-6H2,1-3H3/t7-,8-/m0/s1. The molecule has 0 unspecified atom stereocenters. The first-order valence-electron chi connectivity index (χ1n) is 4.67. The number of hydrogen-bond acceptors (Lipinski definition) is 4. The predicted molar refractivity (Wildman–Crippen MR) is 54.4 cm³/mol. The molecule has 0 bridgehead atoms. The number of hydrogen-bond donors (Lipinski definition) is 1. The van der Waals surface area contributed by atoms with Crippen molar-refractivity contribution in [2.45, 2.75) is 24.3 Å². The number of nitrogens with zero attached hydrogens (tertiary/aromatic N) is 1. The first-order chi connectivity index (χ1) is 6.50. The SMILES string of the molecule is CO[C@H]([C@@H]1CCCN1)S(=O)(=O)N(C)C. The maximum Gasteiger partial charge on any atom is 0.242 e. The molecular formula is C8H18N2O3S. The van der Waals surface area contributed by atoms with Crippen molar-refractivity contribution in [2.75, 3.05) is 27.7 Å². The fourth-order valence-corrected chi connectivity index (χ4v) is 2.95. The third kappa shape index (κ3) is 2.25. The first kappa shape index (κ1) is 11.9. The molecule has 6 heteroatoms. The van der Waals surface area contributed by atoms with Gasteiger partial charge in [-0.3, -0.25) is 0 Å². The molecule has 0 aromatic rings. The van der Waals surface area contributed by atoms with E-state index >= 15 is 0 Å². The molecule has 1 aliphatic rings. The lowest BCUT2D eigenvalue weighted by molar-refractivity contribution is 0.130. The lowest BCUT2D eigenvalue weighted by Crippen LogP contribution is -2.46. The van der Waals surface area contributed by atoms with Gasteiger partial charge in [0.05, 0.1) is 0 Å². The normalized spacial score (nSPS) is 25.6. The molecule has 1 fully saturated rings. The average molecular weight is 222 g/mol. The molecule has 84 valence electrons. The van der Waals surface area contributed by atoms with Crippen molar-refractivity contribution in [3.8, 4) is 0 Å². The van der Waals surface area contributed by atoms with Crippen LogP contribution < -0.4 is 5.32 Å². The Morgan fingerprint density at radius 2 is 2.14 bits per heavy atom. The lowest BCUT2D eigenvalue weighted by atomic mass is 10.2. The smallest absolute Gasteiger partial charge is 0.242 e. The number of methoxy groups -OCH3 is 1. The zero-order valence-electron chi connectivity index (χ0n) is 8.86. The molecule has 1 rings (SSSR count). The number of sulfonamides is 1. The van der Waals surface area contributed by atoms with Gasteiger partial charge >= 0.3 is 0 Å². The van der Waals surface area contributed by atoms with Crippen molar-refractivity contribution in [2.24, 2.45) is 0 Å². The van der Waals surface area contributed by atoms with Crippen molar-refractivity contribution in [1.29, 1.82) is 0 Å². The fraction of sp³-hybridized carbons (Fsp3) is 1.00. The van der Waals surface area contributed by atoms with Gasteiger partial charge in [-0.2, -0.15) is 0 Å². The largest absolute Gasteiger partial charge is 0.362 e. The van der Waals surface area contributed by atoms with Gasteiger partial charge in [-0.05, 0) is 19.4 Å². The van der Waals surface area contributed by atoms with Gasteiger partial charge in [0.1, 0.15) is 0 Å². The Balaban J connectivity index is 2.80. The first-order valence-corrected chi connectivity index (χ1v) is 6.18. The highest BCUT2D eigenvalue weighted by molar-refractivity contribution is 7.89. The minimum Gasteiger partial charge on any atom is -0.362 e. The van der Waals surface area contributed by atoms with Gasteiger partial charge in [-0.1, -0.05) is 0 Å². The minimum atomic E-state index is -3.32. The lowest BCUT2D eigenvalue weighted by Gasteiger charge is -2.25. The van der Waals surface area contributed by atoms with E-state index in [1.807, 2.05) is 0 Å². The highest BCUT2D eigenvalue weighted by Gasteiger charge is 2.36. The summed E-state index contributed by atoms with van der Waals surface area (Å²) in [4.78, 5) is 0. The second kappa shape index (κ2) is 4.57. The van der Waals surface area contributed by atoms with E-state index in [1.54, 1.807) is 0 Å². The second-order valence-corrected chi connectivity index (χ2v) is 5.86. The Morgan fingerprint density at radius 1 is 1.50 bits per heavy atom. The molecule has 2 atom stereocenters. The summed E-state index contributed by atoms with van der Waals surface area (Å²) in [6.45, 7) is 0.869. The molecule has 1 saturated heterocycles. The van der Waals surface area contributed by atoms with Gasteiger partial charge in [0.2, 0.25) is 10.0 Å². The van der Waals surface area contributed by atoms with Crippen LogP contribution in [-0.4, -0.2) is 52.0 Å². The van der Waals surface area contributed by atoms with Gasteiger partial charge < -0.3 is 10.1 Å². The Kier molecular flexibility index (Phi) is 3.88. The van der Waals surface area contributed by atoms with Crippen LogP contribution in [-0.2, 0) is 14.8 Å². The van der Waals surface area contributed by atoms with Crippen molar-refractivity contribution < 1.29 is 13.2 Å². The van der Waals surface area contributed by atoms with E-state index in [1.165, 1.54) is 25.5 Å². The number of nitrogens with one attached hydrogen (secondary N) is 1. The molecular weight excluding hydrogens is 204 g/mol.